The highest BCUT2D eigenvalue weighted by atomic mass is 28.3. The van der Waals surface area contributed by atoms with Crippen LogP contribution in [0.3, 0.4) is 0 Å². The lowest BCUT2D eigenvalue weighted by atomic mass is 10.2. The van der Waals surface area contributed by atoms with Gasteiger partial charge in [0.05, 0.1) is 15.2 Å². The summed E-state index contributed by atoms with van der Waals surface area (Å²) >= 11 is 0. The monoisotopic (exact) mass is 278 g/mol. The Morgan fingerprint density at radius 1 is 1.05 bits per heavy atom. The van der Waals surface area contributed by atoms with Gasteiger partial charge in [-0.05, 0) is 17.4 Å². The summed E-state index contributed by atoms with van der Waals surface area (Å²) in [7, 11) is -0.912. The highest BCUT2D eigenvalue weighted by Gasteiger charge is 2.17. The average molecular weight is 278 g/mol. The second-order valence-electron chi connectivity index (χ2n) is 6.27. The first-order valence-electron chi connectivity index (χ1n) is 7.19. The Morgan fingerprint density at radius 3 is 1.89 bits per heavy atom. The van der Waals surface area contributed by atoms with E-state index in [9.17, 15) is 4.79 Å². The predicted molar refractivity (Wildman–Crippen MR) is 83.9 cm³/mol. The van der Waals surface area contributed by atoms with Gasteiger partial charge < -0.3 is 5.11 Å². The van der Waals surface area contributed by atoms with Crippen LogP contribution >= 0.6 is 0 Å². The zero-order valence-electron chi connectivity index (χ0n) is 12.5. The van der Waals surface area contributed by atoms with E-state index in [1.165, 1.54) is 17.3 Å². The first-order valence-corrected chi connectivity index (χ1v) is 9.40. The van der Waals surface area contributed by atoms with Crippen LogP contribution in [0.1, 0.15) is 33.3 Å². The summed E-state index contributed by atoms with van der Waals surface area (Å²) in [5.41, 5.74) is 0.901. The van der Waals surface area contributed by atoms with Crippen molar-refractivity contribution in [3.05, 3.63) is 29.8 Å². The molecule has 0 heterocycles. The molecule has 0 amide bonds. The molecule has 1 aromatic carbocycles. The van der Waals surface area contributed by atoms with Crippen LogP contribution in [0.5, 0.6) is 0 Å². The number of hydrogen-bond donors (Lipinski definition) is 1. The van der Waals surface area contributed by atoms with Crippen molar-refractivity contribution in [1.29, 1.82) is 0 Å². The van der Waals surface area contributed by atoms with E-state index >= 15 is 0 Å². The van der Waals surface area contributed by atoms with Crippen molar-refractivity contribution in [2.24, 2.45) is 11.8 Å². The second-order valence-corrected chi connectivity index (χ2v) is 9.27. The third-order valence-electron chi connectivity index (χ3n) is 3.32. The van der Waals surface area contributed by atoms with Crippen molar-refractivity contribution < 1.29 is 9.90 Å². The van der Waals surface area contributed by atoms with Crippen LogP contribution in [-0.2, 0) is 11.2 Å². The van der Waals surface area contributed by atoms with E-state index in [1.807, 2.05) is 12.1 Å². The molecule has 106 valence electrons. The molecule has 0 radical (unpaired) electrons. The van der Waals surface area contributed by atoms with E-state index in [2.05, 4.69) is 39.8 Å². The molecule has 0 fully saturated rings. The van der Waals surface area contributed by atoms with E-state index in [-0.39, 0.29) is 6.42 Å². The van der Waals surface area contributed by atoms with Crippen molar-refractivity contribution in [3.8, 4) is 0 Å². The van der Waals surface area contributed by atoms with Gasteiger partial charge in [0.25, 0.3) is 0 Å². The van der Waals surface area contributed by atoms with E-state index in [4.69, 9.17) is 5.11 Å². The molecule has 0 saturated heterocycles. The number of rotatable bonds is 7. The van der Waals surface area contributed by atoms with Crippen molar-refractivity contribution in [2.75, 3.05) is 0 Å². The number of aliphatic carboxylic acids is 1. The third-order valence-corrected chi connectivity index (χ3v) is 7.67. The highest BCUT2D eigenvalue weighted by Crippen LogP contribution is 2.15. The lowest BCUT2D eigenvalue weighted by molar-refractivity contribution is -0.136. The average Bonchev–Trinajstić information content (AvgIpc) is 2.27. The quantitative estimate of drug-likeness (QED) is 0.778. The lowest BCUT2D eigenvalue weighted by Gasteiger charge is -2.20. The summed E-state index contributed by atoms with van der Waals surface area (Å²) in [6, 6.07) is 11.0. The highest BCUT2D eigenvalue weighted by molar-refractivity contribution is 6.73. The molecule has 0 saturated carbocycles. The zero-order valence-corrected chi connectivity index (χ0v) is 13.7. The minimum atomic E-state index is -0.912. The van der Waals surface area contributed by atoms with Gasteiger partial charge in [0, 0.05) is 0 Å². The summed E-state index contributed by atoms with van der Waals surface area (Å²) in [5.74, 6) is 0.731. The summed E-state index contributed by atoms with van der Waals surface area (Å²) in [6.45, 7) is 9.16. The second kappa shape index (κ2) is 7.48. The number of carboxylic acid groups (broad SMARTS) is 1. The van der Waals surface area contributed by atoms with E-state index in [0.717, 1.165) is 17.4 Å². The maximum Gasteiger partial charge on any atom is 0.307 e. The lowest BCUT2D eigenvalue weighted by Crippen LogP contribution is -2.32. The summed E-state index contributed by atoms with van der Waals surface area (Å²) < 4.78 is 0. The van der Waals surface area contributed by atoms with E-state index in [0.29, 0.717) is 0 Å². The first kappa shape index (κ1) is 16.0. The Morgan fingerprint density at radius 2 is 1.53 bits per heavy atom. The number of carboxylic acids is 1. The predicted octanol–water partition coefficient (Wildman–Crippen LogP) is 3.06. The molecule has 19 heavy (non-hydrogen) atoms. The van der Waals surface area contributed by atoms with Crippen LogP contribution in [-0.4, -0.2) is 19.9 Å². The molecule has 0 unspecified atom stereocenters. The van der Waals surface area contributed by atoms with Gasteiger partial charge in [-0.15, -0.1) is 0 Å². The van der Waals surface area contributed by atoms with Gasteiger partial charge >= 0.3 is 5.97 Å². The van der Waals surface area contributed by atoms with Crippen LogP contribution in [0.4, 0.5) is 0 Å². The van der Waals surface area contributed by atoms with Gasteiger partial charge in [-0.3, -0.25) is 4.79 Å². The molecule has 1 N–H and O–H groups in total. The number of benzene rings is 1. The molecule has 0 aliphatic rings. The molecule has 1 aromatic rings. The molecule has 0 spiro atoms. The van der Waals surface area contributed by atoms with Crippen molar-refractivity contribution in [3.63, 3.8) is 0 Å². The largest absolute Gasteiger partial charge is 0.481 e. The fraction of sp³-hybridized carbons (Fsp3) is 0.562. The van der Waals surface area contributed by atoms with Gasteiger partial charge in [-0.2, -0.15) is 0 Å². The molecule has 0 aliphatic carbocycles. The van der Waals surface area contributed by atoms with Crippen molar-refractivity contribution in [2.45, 2.75) is 46.2 Å². The molecular weight excluding hydrogens is 252 g/mol. The Kier molecular flexibility index (Phi) is 6.29. The van der Waals surface area contributed by atoms with Crippen molar-refractivity contribution in [1.82, 2.24) is 0 Å². The standard InChI is InChI=1S/C16H26O2Si/c1-12(2)10-19(11-13(3)4)15-7-5-14(6-8-15)9-16(17)18/h5-8,12-13,19H,9-11H2,1-4H3,(H,17,18). The summed E-state index contributed by atoms with van der Waals surface area (Å²) in [5, 5.41) is 10.3. The Hall–Kier alpha value is -1.09. The minimum Gasteiger partial charge on any atom is -0.481 e. The van der Waals surface area contributed by atoms with E-state index in [1.54, 1.807) is 0 Å². The number of hydrogen-bond acceptors (Lipinski definition) is 1. The SMILES string of the molecule is CC(C)C[SiH](CC(C)C)c1ccc(CC(=O)O)cc1. The van der Waals surface area contributed by atoms with Crippen LogP contribution in [0.15, 0.2) is 24.3 Å². The Balaban J connectivity index is 2.80. The molecule has 2 nitrogen and oxygen atoms in total. The van der Waals surface area contributed by atoms with Crippen LogP contribution in [0.2, 0.25) is 12.1 Å². The van der Waals surface area contributed by atoms with Gasteiger partial charge in [0.15, 0.2) is 0 Å². The third kappa shape index (κ3) is 6.06. The van der Waals surface area contributed by atoms with E-state index < -0.39 is 14.8 Å². The molecular formula is C16H26O2Si. The molecule has 0 aromatic heterocycles. The fourth-order valence-electron chi connectivity index (χ4n) is 2.59. The maximum absolute atomic E-state index is 10.7. The smallest absolute Gasteiger partial charge is 0.307 e. The van der Waals surface area contributed by atoms with Crippen LogP contribution in [0.25, 0.3) is 0 Å². The Bertz CT molecular complexity index is 386. The minimum absolute atomic E-state index is 0.126. The van der Waals surface area contributed by atoms with Gasteiger partial charge in [-0.1, -0.05) is 69.2 Å². The first-order chi connectivity index (χ1) is 8.88. The molecule has 0 bridgehead atoms. The molecule has 0 atom stereocenters. The molecule has 0 aliphatic heterocycles. The van der Waals surface area contributed by atoms with Gasteiger partial charge in [-0.25, -0.2) is 0 Å². The normalized spacial score (nSPS) is 11.5. The van der Waals surface area contributed by atoms with Gasteiger partial charge in [0.1, 0.15) is 0 Å². The molecule has 1 rings (SSSR count). The van der Waals surface area contributed by atoms with Gasteiger partial charge in [0.2, 0.25) is 0 Å². The zero-order chi connectivity index (χ0) is 14.4. The number of carbonyl (C=O) groups is 1. The van der Waals surface area contributed by atoms with Crippen molar-refractivity contribution >= 4 is 20.0 Å². The fourth-order valence-corrected chi connectivity index (χ4v) is 6.34. The maximum atomic E-state index is 10.7. The Labute approximate surface area is 118 Å². The van der Waals surface area contributed by atoms with Crippen LogP contribution < -0.4 is 5.19 Å². The summed E-state index contributed by atoms with van der Waals surface area (Å²) in [4.78, 5) is 10.7. The topological polar surface area (TPSA) is 37.3 Å². The summed E-state index contributed by atoms with van der Waals surface area (Å²) in [6.07, 6.45) is 0.126. The molecule has 3 heteroatoms. The van der Waals surface area contributed by atoms with Crippen LogP contribution in [0, 0.1) is 11.8 Å².